The second-order valence-corrected chi connectivity index (χ2v) is 4.39. The highest BCUT2D eigenvalue weighted by atomic mass is 16.5. The van der Waals surface area contributed by atoms with E-state index < -0.39 is 12.3 Å². The zero-order valence-electron chi connectivity index (χ0n) is 11.0. The predicted molar refractivity (Wildman–Crippen MR) is 65.8 cm³/mol. The highest BCUT2D eigenvalue weighted by molar-refractivity contribution is 5.95. The first-order valence-corrected chi connectivity index (χ1v) is 6.01. The molecule has 0 aromatic rings. The van der Waals surface area contributed by atoms with Gasteiger partial charge in [-0.05, 0) is 20.8 Å². The molecule has 6 nitrogen and oxygen atoms in total. The third-order valence-corrected chi connectivity index (χ3v) is 3.34. The van der Waals surface area contributed by atoms with Gasteiger partial charge in [-0.15, -0.1) is 0 Å². The Hall–Kier alpha value is -2.47. The number of carbonyl (C=O) groups is 1. The molecule has 2 rings (SSSR count). The Morgan fingerprint density at radius 3 is 2.63 bits per heavy atom. The SMILES string of the molecule is CCN1C(C#N)=C(C#N)N[C@@H]2C(C(C)=O)=C(C)O[C@H]21. The molecule has 0 fully saturated rings. The normalized spacial score (nSPS) is 25.2. The van der Waals surface area contributed by atoms with Crippen LogP contribution in [0.4, 0.5) is 0 Å². The average Bonchev–Trinajstić information content (AvgIpc) is 2.71. The van der Waals surface area contributed by atoms with Gasteiger partial charge >= 0.3 is 0 Å². The molecule has 0 spiro atoms. The van der Waals surface area contributed by atoms with Gasteiger partial charge in [0.1, 0.15) is 29.6 Å². The standard InChI is InChI=1S/C13H14N4O2/c1-4-17-10(6-15)9(5-14)16-12-11(7(2)18)8(3)19-13(12)17/h12-13,16H,4H2,1-3H3/t12-,13-/m1/s1. The van der Waals surface area contributed by atoms with E-state index in [2.05, 4.69) is 5.32 Å². The van der Waals surface area contributed by atoms with Gasteiger partial charge in [0, 0.05) is 6.54 Å². The minimum absolute atomic E-state index is 0.0914. The van der Waals surface area contributed by atoms with Crippen LogP contribution in [0.5, 0.6) is 0 Å². The summed E-state index contributed by atoms with van der Waals surface area (Å²) in [6.07, 6.45) is -0.448. The van der Waals surface area contributed by atoms with Gasteiger partial charge in [-0.25, -0.2) is 0 Å². The molecule has 0 saturated heterocycles. The number of allylic oxidation sites excluding steroid dienone is 3. The molecule has 6 heteroatoms. The minimum atomic E-state index is -0.448. The van der Waals surface area contributed by atoms with E-state index in [9.17, 15) is 10.1 Å². The van der Waals surface area contributed by atoms with Crippen LogP contribution in [0.15, 0.2) is 22.7 Å². The van der Waals surface area contributed by atoms with Crippen LogP contribution in [0.3, 0.4) is 0 Å². The van der Waals surface area contributed by atoms with Crippen LogP contribution in [-0.2, 0) is 9.53 Å². The zero-order chi connectivity index (χ0) is 14.2. The summed E-state index contributed by atoms with van der Waals surface area (Å²) in [6, 6.07) is 3.59. The minimum Gasteiger partial charge on any atom is -0.472 e. The maximum Gasteiger partial charge on any atom is 0.197 e. The summed E-state index contributed by atoms with van der Waals surface area (Å²) in [7, 11) is 0. The molecule has 2 atom stereocenters. The molecule has 0 unspecified atom stereocenters. The maximum atomic E-state index is 11.7. The van der Waals surface area contributed by atoms with Crippen molar-refractivity contribution in [2.75, 3.05) is 6.54 Å². The summed E-state index contributed by atoms with van der Waals surface area (Å²) >= 11 is 0. The summed E-state index contributed by atoms with van der Waals surface area (Å²) in [6.45, 7) is 5.59. The summed E-state index contributed by atoms with van der Waals surface area (Å²) in [5, 5.41) is 21.2. The number of Topliss-reactive ketones (excluding diaryl/α,β-unsaturated/α-hetero) is 1. The molecular formula is C13H14N4O2. The van der Waals surface area contributed by atoms with Crippen molar-refractivity contribution in [1.82, 2.24) is 10.2 Å². The number of nitriles is 2. The molecule has 0 aromatic carbocycles. The van der Waals surface area contributed by atoms with Crippen LogP contribution in [-0.4, -0.2) is 29.5 Å². The summed E-state index contributed by atoms with van der Waals surface area (Å²) in [5.74, 6) is 0.455. The Balaban J connectivity index is 2.49. The Morgan fingerprint density at radius 1 is 1.47 bits per heavy atom. The van der Waals surface area contributed by atoms with Crippen LogP contribution in [0.1, 0.15) is 20.8 Å². The Morgan fingerprint density at radius 2 is 2.16 bits per heavy atom. The fraction of sp³-hybridized carbons (Fsp3) is 0.462. The molecule has 98 valence electrons. The number of ether oxygens (including phenoxy) is 1. The number of nitrogens with one attached hydrogen (secondary N) is 1. The average molecular weight is 258 g/mol. The number of carbonyl (C=O) groups excluding carboxylic acids is 1. The molecule has 1 N–H and O–H groups in total. The van der Waals surface area contributed by atoms with E-state index in [0.717, 1.165) is 0 Å². The molecule has 19 heavy (non-hydrogen) atoms. The summed E-state index contributed by atoms with van der Waals surface area (Å²) in [4.78, 5) is 13.4. The summed E-state index contributed by atoms with van der Waals surface area (Å²) < 4.78 is 5.70. The van der Waals surface area contributed by atoms with Crippen molar-refractivity contribution in [1.29, 1.82) is 10.5 Å². The molecule has 0 radical (unpaired) electrons. The molecule has 0 aromatic heterocycles. The topological polar surface area (TPSA) is 89.2 Å². The molecule has 2 aliphatic heterocycles. The van der Waals surface area contributed by atoms with E-state index in [1.165, 1.54) is 6.92 Å². The fourth-order valence-corrected chi connectivity index (χ4v) is 2.57. The Labute approximate surface area is 111 Å². The van der Waals surface area contributed by atoms with Gasteiger partial charge in [-0.2, -0.15) is 10.5 Å². The van der Waals surface area contributed by atoms with Crippen LogP contribution in [0, 0.1) is 22.7 Å². The molecule has 2 aliphatic rings. The first-order valence-electron chi connectivity index (χ1n) is 6.01. The van der Waals surface area contributed by atoms with Crippen molar-refractivity contribution in [3.05, 3.63) is 22.7 Å². The highest BCUT2D eigenvalue weighted by Crippen LogP contribution is 2.34. The highest BCUT2D eigenvalue weighted by Gasteiger charge is 2.45. The number of fused-ring (bicyclic) bond motifs is 1. The van der Waals surface area contributed by atoms with Gasteiger partial charge in [0.05, 0.1) is 5.57 Å². The van der Waals surface area contributed by atoms with E-state index >= 15 is 0 Å². The second kappa shape index (κ2) is 4.66. The third kappa shape index (κ3) is 1.82. The van der Waals surface area contributed by atoms with Crippen molar-refractivity contribution in [3.8, 4) is 12.1 Å². The number of ketones is 1. The van der Waals surface area contributed by atoms with E-state index in [1.54, 1.807) is 11.8 Å². The van der Waals surface area contributed by atoms with Gasteiger partial charge < -0.3 is 15.0 Å². The van der Waals surface area contributed by atoms with Crippen LogP contribution < -0.4 is 5.32 Å². The third-order valence-electron chi connectivity index (χ3n) is 3.34. The van der Waals surface area contributed by atoms with Crippen molar-refractivity contribution in [2.45, 2.75) is 33.0 Å². The monoisotopic (exact) mass is 258 g/mol. The van der Waals surface area contributed by atoms with E-state index in [0.29, 0.717) is 17.9 Å². The molecule has 0 aliphatic carbocycles. The van der Waals surface area contributed by atoms with Gasteiger partial charge in [0.2, 0.25) is 0 Å². The lowest BCUT2D eigenvalue weighted by atomic mass is 9.99. The van der Waals surface area contributed by atoms with Gasteiger partial charge in [0.25, 0.3) is 0 Å². The Kier molecular flexibility index (Phi) is 3.18. The van der Waals surface area contributed by atoms with Crippen molar-refractivity contribution in [2.24, 2.45) is 0 Å². The van der Waals surface area contributed by atoms with Gasteiger partial charge in [-0.3, -0.25) is 4.79 Å². The van der Waals surface area contributed by atoms with Gasteiger partial charge in [0.15, 0.2) is 17.7 Å². The molecule has 2 heterocycles. The second-order valence-electron chi connectivity index (χ2n) is 4.39. The molecular weight excluding hydrogens is 244 g/mol. The van der Waals surface area contributed by atoms with E-state index in [1.807, 2.05) is 19.1 Å². The lowest BCUT2D eigenvalue weighted by molar-refractivity contribution is -0.114. The largest absolute Gasteiger partial charge is 0.472 e. The lowest BCUT2D eigenvalue weighted by Gasteiger charge is -2.37. The zero-order valence-corrected chi connectivity index (χ0v) is 11.0. The van der Waals surface area contributed by atoms with Crippen LogP contribution >= 0.6 is 0 Å². The fourth-order valence-electron chi connectivity index (χ4n) is 2.57. The first-order chi connectivity index (χ1) is 9.04. The Bertz CT molecular complexity index is 576. The quantitative estimate of drug-likeness (QED) is 0.786. The van der Waals surface area contributed by atoms with Crippen LogP contribution in [0.2, 0.25) is 0 Å². The molecule has 0 saturated carbocycles. The maximum absolute atomic E-state index is 11.7. The van der Waals surface area contributed by atoms with E-state index in [-0.39, 0.29) is 17.2 Å². The number of rotatable bonds is 2. The lowest BCUT2D eigenvalue weighted by Crippen LogP contribution is -2.53. The van der Waals surface area contributed by atoms with Gasteiger partial charge in [-0.1, -0.05) is 0 Å². The number of likely N-dealkylation sites (N-methyl/N-ethyl adjacent to an activating group) is 1. The van der Waals surface area contributed by atoms with Crippen molar-refractivity contribution < 1.29 is 9.53 Å². The van der Waals surface area contributed by atoms with Crippen LogP contribution in [0.25, 0.3) is 0 Å². The molecule has 0 bridgehead atoms. The predicted octanol–water partition coefficient (Wildman–Crippen LogP) is 0.758. The number of hydrogen-bond acceptors (Lipinski definition) is 6. The first kappa shape index (κ1) is 13.0. The smallest absolute Gasteiger partial charge is 0.197 e. The van der Waals surface area contributed by atoms with Crippen molar-refractivity contribution in [3.63, 3.8) is 0 Å². The van der Waals surface area contributed by atoms with Crippen molar-refractivity contribution >= 4 is 5.78 Å². The summed E-state index contributed by atoms with van der Waals surface area (Å²) in [5.41, 5.74) is 0.972. The number of nitrogens with zero attached hydrogens (tertiary/aromatic N) is 3. The van der Waals surface area contributed by atoms with E-state index in [4.69, 9.17) is 10.00 Å². The molecule has 0 amide bonds. The number of hydrogen-bond donors (Lipinski definition) is 1.